The highest BCUT2D eigenvalue weighted by Crippen LogP contribution is 2.23. The minimum atomic E-state index is 0.728. The summed E-state index contributed by atoms with van der Waals surface area (Å²) in [6, 6.07) is 1.49. The van der Waals surface area contributed by atoms with Crippen LogP contribution in [-0.4, -0.2) is 12.1 Å². The molecule has 1 unspecified atom stereocenters. The third kappa shape index (κ3) is 2.48. The van der Waals surface area contributed by atoms with Crippen LogP contribution in [0.2, 0.25) is 0 Å². The first-order valence-electron chi connectivity index (χ1n) is 4.85. The van der Waals surface area contributed by atoms with Gasteiger partial charge in [0.1, 0.15) is 0 Å². The van der Waals surface area contributed by atoms with Crippen molar-refractivity contribution in [3.63, 3.8) is 0 Å². The molecule has 1 heterocycles. The van der Waals surface area contributed by atoms with Gasteiger partial charge in [0.05, 0.1) is 0 Å². The third-order valence-corrected chi connectivity index (χ3v) is 2.72. The molecule has 0 aromatic heterocycles. The Kier molecular flexibility index (Phi) is 2.94. The van der Waals surface area contributed by atoms with Gasteiger partial charge in [0.25, 0.3) is 0 Å². The van der Waals surface area contributed by atoms with Crippen LogP contribution in [0.25, 0.3) is 0 Å². The second-order valence-corrected chi connectivity index (χ2v) is 4.49. The molecule has 1 aliphatic rings. The monoisotopic (exact) mass is 155 g/mol. The summed E-state index contributed by atoms with van der Waals surface area (Å²) in [5, 5.41) is 3.65. The highest BCUT2D eigenvalue weighted by Gasteiger charge is 2.24. The summed E-state index contributed by atoms with van der Waals surface area (Å²) in [6.07, 6.45) is 2.71. The summed E-state index contributed by atoms with van der Waals surface area (Å²) >= 11 is 0. The average molecular weight is 155 g/mol. The second kappa shape index (κ2) is 3.57. The van der Waals surface area contributed by atoms with Crippen molar-refractivity contribution in [1.29, 1.82) is 0 Å². The fraction of sp³-hybridized carbons (Fsp3) is 1.00. The van der Waals surface area contributed by atoms with Crippen LogP contribution in [0.3, 0.4) is 0 Å². The highest BCUT2D eigenvalue weighted by molar-refractivity contribution is 4.82. The molecular weight excluding hydrogens is 134 g/mol. The van der Waals surface area contributed by atoms with Gasteiger partial charge in [0.2, 0.25) is 0 Å². The molecule has 0 radical (unpaired) electrons. The number of nitrogens with one attached hydrogen (secondary N) is 1. The van der Waals surface area contributed by atoms with Gasteiger partial charge in [-0.15, -0.1) is 0 Å². The van der Waals surface area contributed by atoms with Gasteiger partial charge in [-0.1, -0.05) is 20.8 Å². The molecule has 0 aliphatic carbocycles. The van der Waals surface area contributed by atoms with E-state index in [4.69, 9.17) is 0 Å². The van der Waals surface area contributed by atoms with Crippen LogP contribution in [0.5, 0.6) is 0 Å². The first kappa shape index (κ1) is 9.05. The lowest BCUT2D eigenvalue weighted by Gasteiger charge is -2.35. The first-order chi connectivity index (χ1) is 5.09. The number of hydrogen-bond acceptors (Lipinski definition) is 1. The fourth-order valence-corrected chi connectivity index (χ4v) is 2.10. The van der Waals surface area contributed by atoms with Gasteiger partial charge < -0.3 is 5.32 Å². The summed E-state index contributed by atoms with van der Waals surface area (Å²) in [7, 11) is 0. The maximum Gasteiger partial charge on any atom is 0.00950 e. The predicted molar refractivity (Wildman–Crippen MR) is 49.6 cm³/mol. The van der Waals surface area contributed by atoms with E-state index in [1.54, 1.807) is 0 Å². The average Bonchev–Trinajstić information content (AvgIpc) is 1.85. The fourth-order valence-electron chi connectivity index (χ4n) is 2.10. The SMILES string of the molecule is CC1C[C@H](C)C[C@H](C(C)C)N1. The molecule has 3 atom stereocenters. The van der Waals surface area contributed by atoms with E-state index in [-0.39, 0.29) is 0 Å². The maximum atomic E-state index is 3.65. The van der Waals surface area contributed by atoms with Crippen LogP contribution in [0, 0.1) is 11.8 Å². The van der Waals surface area contributed by atoms with Crippen LogP contribution in [0.15, 0.2) is 0 Å². The number of hydrogen-bond donors (Lipinski definition) is 1. The summed E-state index contributed by atoms with van der Waals surface area (Å²) in [5.41, 5.74) is 0. The Morgan fingerprint density at radius 2 is 1.82 bits per heavy atom. The zero-order valence-corrected chi connectivity index (χ0v) is 8.22. The van der Waals surface area contributed by atoms with E-state index < -0.39 is 0 Å². The molecule has 0 saturated carbocycles. The van der Waals surface area contributed by atoms with Gasteiger partial charge in [-0.05, 0) is 31.6 Å². The lowest BCUT2D eigenvalue weighted by molar-refractivity contribution is 0.225. The van der Waals surface area contributed by atoms with E-state index in [1.165, 1.54) is 12.8 Å². The number of rotatable bonds is 1. The molecule has 1 N–H and O–H groups in total. The standard InChI is InChI=1S/C10H21N/c1-7(2)10-6-8(3)5-9(4)11-10/h7-11H,5-6H2,1-4H3/t8-,9?,10+/m0/s1. The van der Waals surface area contributed by atoms with Gasteiger partial charge in [0.15, 0.2) is 0 Å². The number of piperidine rings is 1. The van der Waals surface area contributed by atoms with Gasteiger partial charge in [-0.2, -0.15) is 0 Å². The lowest BCUT2D eigenvalue weighted by Crippen LogP contribution is -2.46. The van der Waals surface area contributed by atoms with Crippen molar-refractivity contribution in [1.82, 2.24) is 5.32 Å². The molecule has 0 aromatic rings. The highest BCUT2D eigenvalue weighted by atomic mass is 15.0. The second-order valence-electron chi connectivity index (χ2n) is 4.49. The van der Waals surface area contributed by atoms with Crippen molar-refractivity contribution >= 4 is 0 Å². The van der Waals surface area contributed by atoms with E-state index in [0.29, 0.717) is 0 Å². The Balaban J connectivity index is 2.43. The Morgan fingerprint density at radius 3 is 2.27 bits per heavy atom. The molecule has 0 spiro atoms. The molecule has 1 heteroatoms. The molecule has 1 rings (SSSR count). The van der Waals surface area contributed by atoms with Crippen molar-refractivity contribution < 1.29 is 0 Å². The summed E-state index contributed by atoms with van der Waals surface area (Å²) in [5.74, 6) is 1.71. The Morgan fingerprint density at radius 1 is 1.18 bits per heavy atom. The van der Waals surface area contributed by atoms with Crippen molar-refractivity contribution in [3.05, 3.63) is 0 Å². The topological polar surface area (TPSA) is 12.0 Å². The van der Waals surface area contributed by atoms with Crippen LogP contribution in [-0.2, 0) is 0 Å². The van der Waals surface area contributed by atoms with Crippen LogP contribution >= 0.6 is 0 Å². The normalized spacial score (nSPS) is 39.5. The van der Waals surface area contributed by atoms with E-state index in [0.717, 1.165) is 23.9 Å². The first-order valence-corrected chi connectivity index (χ1v) is 4.85. The van der Waals surface area contributed by atoms with Gasteiger partial charge in [-0.3, -0.25) is 0 Å². The summed E-state index contributed by atoms with van der Waals surface area (Å²) < 4.78 is 0. The Labute approximate surface area is 70.6 Å². The predicted octanol–water partition coefficient (Wildman–Crippen LogP) is 2.42. The zero-order chi connectivity index (χ0) is 8.43. The van der Waals surface area contributed by atoms with Gasteiger partial charge in [0, 0.05) is 12.1 Å². The van der Waals surface area contributed by atoms with Crippen molar-refractivity contribution in [2.45, 2.75) is 52.6 Å². The molecule has 11 heavy (non-hydrogen) atoms. The largest absolute Gasteiger partial charge is 0.311 e. The molecule has 1 aliphatic heterocycles. The summed E-state index contributed by atoms with van der Waals surface area (Å²) in [4.78, 5) is 0. The quantitative estimate of drug-likeness (QED) is 0.613. The minimum absolute atomic E-state index is 0.728. The summed E-state index contributed by atoms with van der Waals surface area (Å²) in [6.45, 7) is 9.28. The Hall–Kier alpha value is -0.0400. The van der Waals surface area contributed by atoms with Crippen LogP contribution < -0.4 is 5.32 Å². The van der Waals surface area contributed by atoms with Gasteiger partial charge >= 0.3 is 0 Å². The Bertz CT molecular complexity index is 110. The van der Waals surface area contributed by atoms with E-state index in [9.17, 15) is 0 Å². The van der Waals surface area contributed by atoms with Crippen molar-refractivity contribution in [2.75, 3.05) is 0 Å². The molecular formula is C10H21N. The van der Waals surface area contributed by atoms with E-state index >= 15 is 0 Å². The molecule has 66 valence electrons. The molecule has 1 saturated heterocycles. The van der Waals surface area contributed by atoms with E-state index in [2.05, 4.69) is 33.0 Å². The minimum Gasteiger partial charge on any atom is -0.311 e. The molecule has 0 bridgehead atoms. The van der Waals surface area contributed by atoms with Crippen LogP contribution in [0.1, 0.15) is 40.5 Å². The smallest absolute Gasteiger partial charge is 0.00950 e. The molecule has 1 fully saturated rings. The van der Waals surface area contributed by atoms with Gasteiger partial charge in [-0.25, -0.2) is 0 Å². The lowest BCUT2D eigenvalue weighted by atomic mass is 9.85. The maximum absolute atomic E-state index is 3.65. The third-order valence-electron chi connectivity index (χ3n) is 2.72. The zero-order valence-electron chi connectivity index (χ0n) is 8.22. The van der Waals surface area contributed by atoms with Crippen molar-refractivity contribution in [2.24, 2.45) is 11.8 Å². The molecule has 0 aromatic carbocycles. The molecule has 0 amide bonds. The van der Waals surface area contributed by atoms with Crippen LogP contribution in [0.4, 0.5) is 0 Å². The van der Waals surface area contributed by atoms with E-state index in [1.807, 2.05) is 0 Å². The molecule has 1 nitrogen and oxygen atoms in total. The van der Waals surface area contributed by atoms with Crippen molar-refractivity contribution in [3.8, 4) is 0 Å².